The molecule has 1 aromatic rings. The van der Waals surface area contributed by atoms with Gasteiger partial charge in [-0.2, -0.15) is 0 Å². The number of benzene rings is 1. The minimum atomic E-state index is 0.0253. The molecule has 1 aromatic carbocycles. The Balaban J connectivity index is 1.88. The lowest BCUT2D eigenvalue weighted by Gasteiger charge is -2.31. The molecular weight excluding hydrogens is 262 g/mol. The SMILES string of the molecule is CCN1CCC(CNC(=O)c2ccc(C)cc2NC)CC1. The Morgan fingerprint density at radius 3 is 2.67 bits per heavy atom. The monoisotopic (exact) mass is 289 g/mol. The van der Waals surface area contributed by atoms with Crippen LogP contribution in [0.5, 0.6) is 0 Å². The molecule has 4 heteroatoms. The number of aryl methyl sites for hydroxylation is 1. The summed E-state index contributed by atoms with van der Waals surface area (Å²) >= 11 is 0. The highest BCUT2D eigenvalue weighted by molar-refractivity contribution is 5.99. The number of hydrogen-bond acceptors (Lipinski definition) is 3. The smallest absolute Gasteiger partial charge is 0.253 e. The number of nitrogens with one attached hydrogen (secondary N) is 2. The Bertz CT molecular complexity index is 479. The fraction of sp³-hybridized carbons (Fsp3) is 0.588. The summed E-state index contributed by atoms with van der Waals surface area (Å²) in [6.07, 6.45) is 2.36. The molecule has 0 spiro atoms. The second kappa shape index (κ2) is 7.46. The summed E-state index contributed by atoms with van der Waals surface area (Å²) in [5.74, 6) is 0.637. The maximum Gasteiger partial charge on any atom is 0.253 e. The molecule has 1 saturated heterocycles. The van der Waals surface area contributed by atoms with Crippen LogP contribution in [0.2, 0.25) is 0 Å². The fourth-order valence-corrected chi connectivity index (χ4v) is 2.90. The molecule has 0 radical (unpaired) electrons. The van der Waals surface area contributed by atoms with Crippen molar-refractivity contribution in [3.8, 4) is 0 Å². The molecule has 1 heterocycles. The molecule has 21 heavy (non-hydrogen) atoms. The largest absolute Gasteiger partial charge is 0.387 e. The number of carbonyl (C=O) groups is 1. The van der Waals surface area contributed by atoms with E-state index in [0.717, 1.165) is 43.0 Å². The third-order valence-corrected chi connectivity index (χ3v) is 4.39. The first-order valence-corrected chi connectivity index (χ1v) is 7.93. The zero-order chi connectivity index (χ0) is 15.2. The number of anilines is 1. The Morgan fingerprint density at radius 2 is 2.05 bits per heavy atom. The van der Waals surface area contributed by atoms with E-state index in [0.29, 0.717) is 5.92 Å². The van der Waals surface area contributed by atoms with Crippen molar-refractivity contribution in [2.75, 3.05) is 38.5 Å². The summed E-state index contributed by atoms with van der Waals surface area (Å²) in [6, 6.07) is 5.89. The van der Waals surface area contributed by atoms with Crippen molar-refractivity contribution in [1.29, 1.82) is 0 Å². The Kier molecular flexibility index (Phi) is 5.62. The molecule has 1 fully saturated rings. The second-order valence-electron chi connectivity index (χ2n) is 5.89. The van der Waals surface area contributed by atoms with Crippen LogP contribution in [-0.4, -0.2) is 44.0 Å². The van der Waals surface area contributed by atoms with Crippen LogP contribution in [0, 0.1) is 12.8 Å². The summed E-state index contributed by atoms with van der Waals surface area (Å²) in [6.45, 7) is 8.47. The average molecular weight is 289 g/mol. The molecule has 1 aliphatic rings. The highest BCUT2D eigenvalue weighted by atomic mass is 16.1. The van der Waals surface area contributed by atoms with E-state index >= 15 is 0 Å². The van der Waals surface area contributed by atoms with Crippen LogP contribution in [0.25, 0.3) is 0 Å². The summed E-state index contributed by atoms with van der Waals surface area (Å²) in [4.78, 5) is 14.8. The van der Waals surface area contributed by atoms with E-state index in [1.165, 1.54) is 12.8 Å². The molecule has 0 saturated carbocycles. The van der Waals surface area contributed by atoms with Gasteiger partial charge in [-0.25, -0.2) is 0 Å². The molecule has 4 nitrogen and oxygen atoms in total. The first-order valence-electron chi connectivity index (χ1n) is 7.93. The van der Waals surface area contributed by atoms with Crippen molar-refractivity contribution in [2.45, 2.75) is 26.7 Å². The Morgan fingerprint density at radius 1 is 1.33 bits per heavy atom. The number of hydrogen-bond donors (Lipinski definition) is 2. The van der Waals surface area contributed by atoms with Gasteiger partial charge in [-0.3, -0.25) is 4.79 Å². The molecule has 1 amide bonds. The van der Waals surface area contributed by atoms with Crippen molar-refractivity contribution in [3.05, 3.63) is 29.3 Å². The third-order valence-electron chi connectivity index (χ3n) is 4.39. The van der Waals surface area contributed by atoms with Crippen molar-refractivity contribution >= 4 is 11.6 Å². The Hall–Kier alpha value is -1.55. The van der Waals surface area contributed by atoms with Crippen molar-refractivity contribution in [1.82, 2.24) is 10.2 Å². The minimum absolute atomic E-state index is 0.0253. The van der Waals surface area contributed by atoms with E-state index in [1.807, 2.05) is 32.2 Å². The van der Waals surface area contributed by atoms with E-state index in [2.05, 4.69) is 22.5 Å². The van der Waals surface area contributed by atoms with Crippen LogP contribution in [0.15, 0.2) is 18.2 Å². The lowest BCUT2D eigenvalue weighted by atomic mass is 9.96. The van der Waals surface area contributed by atoms with E-state index in [9.17, 15) is 4.79 Å². The third kappa shape index (κ3) is 4.21. The number of piperidine rings is 1. The van der Waals surface area contributed by atoms with Gasteiger partial charge in [0, 0.05) is 19.3 Å². The van der Waals surface area contributed by atoms with Crippen molar-refractivity contribution in [2.24, 2.45) is 5.92 Å². The van der Waals surface area contributed by atoms with E-state index < -0.39 is 0 Å². The molecule has 116 valence electrons. The minimum Gasteiger partial charge on any atom is -0.387 e. The molecule has 0 atom stereocenters. The van der Waals surface area contributed by atoms with Crippen LogP contribution in [0.4, 0.5) is 5.69 Å². The summed E-state index contributed by atoms with van der Waals surface area (Å²) in [5, 5.41) is 6.20. The number of carbonyl (C=O) groups excluding carboxylic acids is 1. The molecule has 2 rings (SSSR count). The maximum atomic E-state index is 12.3. The number of nitrogens with zero attached hydrogens (tertiary/aromatic N) is 1. The molecule has 1 aliphatic heterocycles. The zero-order valence-corrected chi connectivity index (χ0v) is 13.4. The van der Waals surface area contributed by atoms with Gasteiger partial charge in [-0.05, 0) is 63.0 Å². The van der Waals surface area contributed by atoms with Gasteiger partial charge in [0.2, 0.25) is 0 Å². The van der Waals surface area contributed by atoms with Gasteiger partial charge in [0.25, 0.3) is 5.91 Å². The highest BCUT2D eigenvalue weighted by Gasteiger charge is 2.19. The summed E-state index contributed by atoms with van der Waals surface area (Å²) in [7, 11) is 1.85. The van der Waals surface area contributed by atoms with Crippen LogP contribution in [-0.2, 0) is 0 Å². The standard InChI is InChI=1S/C17H27N3O/c1-4-20-9-7-14(8-10-20)12-19-17(21)15-6-5-13(2)11-16(15)18-3/h5-6,11,14,18H,4,7-10,12H2,1-3H3,(H,19,21). The molecule has 0 unspecified atom stereocenters. The average Bonchev–Trinajstić information content (AvgIpc) is 2.52. The number of rotatable bonds is 5. The topological polar surface area (TPSA) is 44.4 Å². The van der Waals surface area contributed by atoms with Crippen molar-refractivity contribution < 1.29 is 4.79 Å². The lowest BCUT2D eigenvalue weighted by Crippen LogP contribution is -2.38. The van der Waals surface area contributed by atoms with Gasteiger partial charge < -0.3 is 15.5 Å². The normalized spacial score (nSPS) is 16.7. The second-order valence-corrected chi connectivity index (χ2v) is 5.89. The van der Waals surface area contributed by atoms with Gasteiger partial charge in [0.1, 0.15) is 0 Å². The van der Waals surface area contributed by atoms with Crippen LogP contribution in [0.1, 0.15) is 35.7 Å². The highest BCUT2D eigenvalue weighted by Crippen LogP contribution is 2.18. The van der Waals surface area contributed by atoms with E-state index in [-0.39, 0.29) is 5.91 Å². The van der Waals surface area contributed by atoms with Gasteiger partial charge in [0.05, 0.1) is 5.56 Å². The van der Waals surface area contributed by atoms with Gasteiger partial charge >= 0.3 is 0 Å². The van der Waals surface area contributed by atoms with Crippen LogP contribution < -0.4 is 10.6 Å². The Labute approximate surface area is 127 Å². The van der Waals surface area contributed by atoms with Gasteiger partial charge in [-0.15, -0.1) is 0 Å². The maximum absolute atomic E-state index is 12.3. The van der Waals surface area contributed by atoms with Crippen LogP contribution in [0.3, 0.4) is 0 Å². The number of likely N-dealkylation sites (tertiary alicyclic amines) is 1. The quantitative estimate of drug-likeness (QED) is 0.875. The summed E-state index contributed by atoms with van der Waals surface area (Å²) in [5.41, 5.74) is 2.78. The van der Waals surface area contributed by atoms with Crippen LogP contribution >= 0.6 is 0 Å². The summed E-state index contributed by atoms with van der Waals surface area (Å²) < 4.78 is 0. The fourth-order valence-electron chi connectivity index (χ4n) is 2.90. The first-order chi connectivity index (χ1) is 10.1. The predicted octanol–water partition coefficient (Wildman–Crippen LogP) is 2.50. The van der Waals surface area contributed by atoms with Crippen molar-refractivity contribution in [3.63, 3.8) is 0 Å². The molecule has 0 bridgehead atoms. The molecule has 0 aromatic heterocycles. The zero-order valence-electron chi connectivity index (χ0n) is 13.4. The molecule has 2 N–H and O–H groups in total. The predicted molar refractivity (Wildman–Crippen MR) is 87.9 cm³/mol. The molecule has 0 aliphatic carbocycles. The van der Waals surface area contributed by atoms with E-state index in [1.54, 1.807) is 0 Å². The number of amides is 1. The van der Waals surface area contributed by atoms with Gasteiger partial charge in [-0.1, -0.05) is 13.0 Å². The first kappa shape index (κ1) is 15.8. The van der Waals surface area contributed by atoms with E-state index in [4.69, 9.17) is 0 Å². The molecular formula is C17H27N3O. The lowest BCUT2D eigenvalue weighted by molar-refractivity contribution is 0.0937. The van der Waals surface area contributed by atoms with Gasteiger partial charge in [0.15, 0.2) is 0 Å².